The van der Waals surface area contributed by atoms with Crippen LogP contribution in [0.3, 0.4) is 0 Å². The average molecular weight is 233 g/mol. The fourth-order valence-electron chi connectivity index (χ4n) is 2.09. The van der Waals surface area contributed by atoms with Crippen molar-refractivity contribution in [2.75, 3.05) is 6.54 Å². The van der Waals surface area contributed by atoms with Gasteiger partial charge in [-0.2, -0.15) is 0 Å². The van der Waals surface area contributed by atoms with E-state index in [4.69, 9.17) is 5.11 Å². The highest BCUT2D eigenvalue weighted by molar-refractivity contribution is 5.66. The van der Waals surface area contributed by atoms with E-state index < -0.39 is 5.97 Å². The maximum absolute atomic E-state index is 10.5. The van der Waals surface area contributed by atoms with Gasteiger partial charge in [0, 0.05) is 12.6 Å². The van der Waals surface area contributed by atoms with Crippen molar-refractivity contribution in [1.82, 2.24) is 5.32 Å². The highest BCUT2D eigenvalue weighted by Crippen LogP contribution is 2.40. The largest absolute Gasteiger partial charge is 0.481 e. The minimum absolute atomic E-state index is 0.190. The molecule has 1 aromatic carbocycles. The van der Waals surface area contributed by atoms with E-state index in [0.717, 1.165) is 0 Å². The second kappa shape index (κ2) is 5.32. The number of rotatable bonds is 6. The van der Waals surface area contributed by atoms with Crippen molar-refractivity contribution in [1.29, 1.82) is 0 Å². The van der Waals surface area contributed by atoms with Crippen molar-refractivity contribution in [2.45, 2.75) is 32.2 Å². The summed E-state index contributed by atoms with van der Waals surface area (Å²) in [5.41, 5.74) is 2.54. The molecule has 0 radical (unpaired) electrons. The highest BCUT2D eigenvalue weighted by atomic mass is 16.4. The molecule has 1 aliphatic carbocycles. The number of hydrogen-bond donors (Lipinski definition) is 2. The van der Waals surface area contributed by atoms with Crippen molar-refractivity contribution >= 4 is 5.97 Å². The molecule has 92 valence electrons. The second-order valence-corrected chi connectivity index (χ2v) is 4.82. The first-order chi connectivity index (χ1) is 8.16. The van der Waals surface area contributed by atoms with Gasteiger partial charge >= 0.3 is 5.97 Å². The van der Waals surface area contributed by atoms with Gasteiger partial charge in [-0.1, -0.05) is 29.8 Å². The Kier molecular flexibility index (Phi) is 3.79. The van der Waals surface area contributed by atoms with E-state index in [0.29, 0.717) is 18.5 Å². The number of aliphatic carboxylic acids is 1. The predicted molar refractivity (Wildman–Crippen MR) is 66.9 cm³/mol. The van der Waals surface area contributed by atoms with Gasteiger partial charge < -0.3 is 10.4 Å². The molecule has 1 aliphatic rings. The van der Waals surface area contributed by atoms with Gasteiger partial charge in [0.2, 0.25) is 0 Å². The summed E-state index contributed by atoms with van der Waals surface area (Å²) >= 11 is 0. The Morgan fingerprint density at radius 3 is 2.59 bits per heavy atom. The fourth-order valence-corrected chi connectivity index (χ4v) is 2.09. The molecule has 17 heavy (non-hydrogen) atoms. The molecular weight excluding hydrogens is 214 g/mol. The summed E-state index contributed by atoms with van der Waals surface area (Å²) in [6.45, 7) is 2.62. The molecule has 0 bridgehead atoms. The Morgan fingerprint density at radius 1 is 1.41 bits per heavy atom. The third-order valence-electron chi connectivity index (χ3n) is 3.23. The zero-order valence-electron chi connectivity index (χ0n) is 10.1. The van der Waals surface area contributed by atoms with Gasteiger partial charge in [0.05, 0.1) is 6.42 Å². The Balaban J connectivity index is 1.97. The molecule has 3 nitrogen and oxygen atoms in total. The number of carboxylic acid groups (broad SMARTS) is 1. The number of carbonyl (C=O) groups is 1. The third-order valence-corrected chi connectivity index (χ3v) is 3.23. The molecular formula is C14H19NO2. The standard InChI is InChI=1S/C14H19NO2/c1-10-2-4-11(5-3-10)14(12-6-7-12)15-9-8-13(16)17/h2-5,12,14-15H,6-9H2,1H3,(H,16,17). The number of carboxylic acids is 1. The maximum Gasteiger partial charge on any atom is 0.304 e. The van der Waals surface area contributed by atoms with E-state index in [-0.39, 0.29) is 6.42 Å². The molecule has 0 amide bonds. The normalized spacial score (nSPS) is 16.8. The SMILES string of the molecule is Cc1ccc(C(NCCC(=O)O)C2CC2)cc1. The van der Waals surface area contributed by atoms with E-state index in [2.05, 4.69) is 36.5 Å². The van der Waals surface area contributed by atoms with Crippen LogP contribution in [0.25, 0.3) is 0 Å². The van der Waals surface area contributed by atoms with Crippen molar-refractivity contribution in [3.8, 4) is 0 Å². The Morgan fingerprint density at radius 2 is 2.06 bits per heavy atom. The van der Waals surface area contributed by atoms with Crippen LogP contribution in [0.2, 0.25) is 0 Å². The molecule has 2 rings (SSSR count). The highest BCUT2D eigenvalue weighted by Gasteiger charge is 2.31. The van der Waals surface area contributed by atoms with Crippen molar-refractivity contribution in [3.63, 3.8) is 0 Å². The number of hydrogen-bond acceptors (Lipinski definition) is 2. The van der Waals surface area contributed by atoms with Crippen LogP contribution in [0, 0.1) is 12.8 Å². The molecule has 3 heteroatoms. The molecule has 1 unspecified atom stereocenters. The monoisotopic (exact) mass is 233 g/mol. The average Bonchev–Trinajstić information content (AvgIpc) is 3.10. The summed E-state index contributed by atoms with van der Waals surface area (Å²) in [7, 11) is 0. The Labute approximate surface area is 102 Å². The first-order valence-corrected chi connectivity index (χ1v) is 6.18. The topological polar surface area (TPSA) is 49.3 Å². The Hall–Kier alpha value is -1.35. The predicted octanol–water partition coefficient (Wildman–Crippen LogP) is 2.51. The van der Waals surface area contributed by atoms with E-state index in [1.165, 1.54) is 24.0 Å². The molecule has 0 aliphatic heterocycles. The van der Waals surface area contributed by atoms with Crippen LogP contribution in [0.4, 0.5) is 0 Å². The first kappa shape index (κ1) is 12.1. The maximum atomic E-state index is 10.5. The van der Waals surface area contributed by atoms with Gasteiger partial charge in [-0.25, -0.2) is 0 Å². The molecule has 0 aromatic heterocycles. The van der Waals surface area contributed by atoms with Gasteiger partial charge in [-0.3, -0.25) is 4.79 Å². The third kappa shape index (κ3) is 3.56. The van der Waals surface area contributed by atoms with Crippen LogP contribution in [-0.2, 0) is 4.79 Å². The molecule has 1 atom stereocenters. The second-order valence-electron chi connectivity index (χ2n) is 4.82. The van der Waals surface area contributed by atoms with Gasteiger partial charge in [0.25, 0.3) is 0 Å². The zero-order chi connectivity index (χ0) is 12.3. The van der Waals surface area contributed by atoms with Gasteiger partial charge in [0.1, 0.15) is 0 Å². The van der Waals surface area contributed by atoms with Crippen molar-refractivity contribution in [3.05, 3.63) is 35.4 Å². The van der Waals surface area contributed by atoms with Crippen molar-refractivity contribution in [2.24, 2.45) is 5.92 Å². The summed E-state index contributed by atoms with van der Waals surface area (Å²) < 4.78 is 0. The molecule has 2 N–H and O–H groups in total. The van der Waals surface area contributed by atoms with E-state index in [1.54, 1.807) is 0 Å². The lowest BCUT2D eigenvalue weighted by molar-refractivity contribution is -0.136. The smallest absolute Gasteiger partial charge is 0.304 e. The number of nitrogens with one attached hydrogen (secondary N) is 1. The van der Waals surface area contributed by atoms with Crippen LogP contribution in [0.1, 0.15) is 36.4 Å². The number of aryl methyl sites for hydroxylation is 1. The van der Waals surface area contributed by atoms with E-state index in [1.807, 2.05) is 0 Å². The summed E-state index contributed by atoms with van der Waals surface area (Å²) in [5, 5.41) is 12.0. The fraction of sp³-hybridized carbons (Fsp3) is 0.500. The quantitative estimate of drug-likeness (QED) is 0.793. The van der Waals surface area contributed by atoms with Gasteiger partial charge in [-0.15, -0.1) is 0 Å². The summed E-state index contributed by atoms with van der Waals surface area (Å²) in [4.78, 5) is 10.5. The first-order valence-electron chi connectivity index (χ1n) is 6.18. The minimum atomic E-state index is -0.740. The lowest BCUT2D eigenvalue weighted by Crippen LogP contribution is -2.25. The lowest BCUT2D eigenvalue weighted by Gasteiger charge is -2.18. The summed E-state index contributed by atoms with van der Waals surface area (Å²) in [5.74, 6) is -0.0533. The lowest BCUT2D eigenvalue weighted by atomic mass is 10.0. The molecule has 1 aromatic rings. The van der Waals surface area contributed by atoms with E-state index >= 15 is 0 Å². The van der Waals surface area contributed by atoms with Crippen LogP contribution in [-0.4, -0.2) is 17.6 Å². The Bertz CT molecular complexity index is 382. The van der Waals surface area contributed by atoms with E-state index in [9.17, 15) is 4.79 Å². The molecule has 0 saturated heterocycles. The number of benzene rings is 1. The molecule has 1 saturated carbocycles. The van der Waals surface area contributed by atoms with Gasteiger partial charge in [0.15, 0.2) is 0 Å². The minimum Gasteiger partial charge on any atom is -0.481 e. The summed E-state index contributed by atoms with van der Waals surface area (Å²) in [6.07, 6.45) is 2.69. The van der Waals surface area contributed by atoms with Crippen LogP contribution < -0.4 is 5.32 Å². The molecule has 1 fully saturated rings. The molecule has 0 spiro atoms. The van der Waals surface area contributed by atoms with Crippen molar-refractivity contribution < 1.29 is 9.90 Å². The van der Waals surface area contributed by atoms with Crippen LogP contribution >= 0.6 is 0 Å². The van der Waals surface area contributed by atoms with Crippen LogP contribution in [0.15, 0.2) is 24.3 Å². The summed E-state index contributed by atoms with van der Waals surface area (Å²) in [6, 6.07) is 8.85. The zero-order valence-corrected chi connectivity index (χ0v) is 10.1. The van der Waals surface area contributed by atoms with Crippen LogP contribution in [0.5, 0.6) is 0 Å². The van der Waals surface area contributed by atoms with Gasteiger partial charge in [-0.05, 0) is 31.2 Å². The molecule has 0 heterocycles.